The zero-order valence-corrected chi connectivity index (χ0v) is 15.2. The molecule has 1 atom stereocenters. The predicted molar refractivity (Wildman–Crippen MR) is 96.5 cm³/mol. The van der Waals surface area contributed by atoms with Gasteiger partial charge < -0.3 is 14.7 Å². The molecule has 0 radical (unpaired) electrons. The number of anilines is 1. The molecule has 0 aliphatic heterocycles. The summed E-state index contributed by atoms with van der Waals surface area (Å²) in [4.78, 5) is 26.7. The fourth-order valence-electron chi connectivity index (χ4n) is 2.46. The second kappa shape index (κ2) is 8.46. The van der Waals surface area contributed by atoms with E-state index in [2.05, 4.69) is 17.4 Å². The summed E-state index contributed by atoms with van der Waals surface area (Å²) in [5.41, 5.74) is 1.76. The molecule has 134 valence electrons. The van der Waals surface area contributed by atoms with Gasteiger partial charge in [-0.1, -0.05) is 31.1 Å². The van der Waals surface area contributed by atoms with Gasteiger partial charge in [0.05, 0.1) is 0 Å². The number of carbonyl (C=O) groups excluding carboxylic acids is 2. The normalized spacial score (nSPS) is 11.8. The van der Waals surface area contributed by atoms with Gasteiger partial charge in [-0.05, 0) is 44.4 Å². The molecule has 2 aromatic rings. The topological polar surface area (TPSA) is 75.4 Å². The number of rotatable bonds is 7. The highest BCUT2D eigenvalue weighted by Crippen LogP contribution is 2.13. The summed E-state index contributed by atoms with van der Waals surface area (Å²) in [6.07, 6.45) is 1.68. The van der Waals surface area contributed by atoms with Gasteiger partial charge in [-0.15, -0.1) is 0 Å². The van der Waals surface area contributed by atoms with Crippen LogP contribution in [0.1, 0.15) is 48.9 Å². The average molecular weight is 343 g/mol. The Hall–Kier alpha value is -2.63. The van der Waals surface area contributed by atoms with E-state index < -0.39 is 0 Å². The number of amides is 2. The van der Waals surface area contributed by atoms with Crippen molar-refractivity contribution in [1.29, 1.82) is 0 Å². The number of aryl methyl sites for hydroxylation is 2. The third-order valence-electron chi connectivity index (χ3n) is 4.20. The summed E-state index contributed by atoms with van der Waals surface area (Å²) in [7, 11) is 0. The molecule has 0 aliphatic rings. The lowest BCUT2D eigenvalue weighted by Crippen LogP contribution is -2.43. The Balaban J connectivity index is 2.11. The van der Waals surface area contributed by atoms with Crippen molar-refractivity contribution in [3.8, 4) is 0 Å². The molecule has 1 aromatic carbocycles. The summed E-state index contributed by atoms with van der Waals surface area (Å²) in [6, 6.07) is 9.10. The molecule has 0 unspecified atom stereocenters. The van der Waals surface area contributed by atoms with Gasteiger partial charge in [-0.2, -0.15) is 0 Å². The minimum Gasteiger partial charge on any atom is -0.360 e. The molecule has 0 saturated carbocycles. The van der Waals surface area contributed by atoms with Crippen LogP contribution in [0.25, 0.3) is 0 Å². The number of nitrogens with one attached hydrogen (secondary N) is 1. The largest absolute Gasteiger partial charge is 0.360 e. The second-order valence-electron chi connectivity index (χ2n) is 6.11. The molecule has 1 aromatic heterocycles. The van der Waals surface area contributed by atoms with Crippen LogP contribution in [0.5, 0.6) is 0 Å². The van der Waals surface area contributed by atoms with Crippen LogP contribution >= 0.6 is 0 Å². The van der Waals surface area contributed by atoms with E-state index in [1.54, 1.807) is 17.9 Å². The van der Waals surface area contributed by atoms with Crippen molar-refractivity contribution in [1.82, 2.24) is 10.1 Å². The van der Waals surface area contributed by atoms with Crippen LogP contribution in [0.2, 0.25) is 0 Å². The van der Waals surface area contributed by atoms with E-state index in [1.165, 1.54) is 5.56 Å². The Kier molecular flexibility index (Phi) is 6.33. The number of hydrogen-bond donors (Lipinski definition) is 1. The molecule has 0 aliphatic carbocycles. The molecule has 0 bridgehead atoms. The molecular weight excluding hydrogens is 318 g/mol. The van der Waals surface area contributed by atoms with Gasteiger partial charge >= 0.3 is 0 Å². The van der Waals surface area contributed by atoms with Crippen molar-refractivity contribution in [3.05, 3.63) is 47.2 Å². The first-order chi connectivity index (χ1) is 11.9. The lowest BCUT2D eigenvalue weighted by atomic mass is 10.1. The first kappa shape index (κ1) is 18.7. The van der Waals surface area contributed by atoms with Gasteiger partial charge in [0.2, 0.25) is 5.91 Å². The highest BCUT2D eigenvalue weighted by molar-refractivity contribution is 5.99. The SMILES string of the molecule is CCc1ccc(C(=O)N(CC(=O)Nc2cc(C)on2)[C@@H](C)CC)cc1. The van der Waals surface area contributed by atoms with Gasteiger partial charge in [0.25, 0.3) is 5.91 Å². The lowest BCUT2D eigenvalue weighted by Gasteiger charge is -2.28. The Bertz CT molecular complexity index is 722. The molecule has 1 N–H and O–H groups in total. The Morgan fingerprint density at radius 3 is 2.44 bits per heavy atom. The fraction of sp³-hybridized carbons (Fsp3) is 0.421. The third kappa shape index (κ3) is 4.92. The quantitative estimate of drug-likeness (QED) is 0.836. The molecule has 25 heavy (non-hydrogen) atoms. The summed E-state index contributed by atoms with van der Waals surface area (Å²) in [6.45, 7) is 7.71. The van der Waals surface area contributed by atoms with Crippen LogP contribution in [0.3, 0.4) is 0 Å². The first-order valence-corrected chi connectivity index (χ1v) is 8.57. The molecule has 0 spiro atoms. The molecular formula is C19H25N3O3. The van der Waals surface area contributed by atoms with Gasteiger partial charge in [-0.25, -0.2) is 0 Å². The van der Waals surface area contributed by atoms with Crippen molar-refractivity contribution in [2.24, 2.45) is 0 Å². The number of hydrogen-bond acceptors (Lipinski definition) is 4. The molecule has 2 rings (SSSR count). The first-order valence-electron chi connectivity index (χ1n) is 8.57. The Morgan fingerprint density at radius 1 is 1.24 bits per heavy atom. The number of nitrogens with zero attached hydrogens (tertiary/aromatic N) is 2. The van der Waals surface area contributed by atoms with Crippen LogP contribution in [0.4, 0.5) is 5.82 Å². The average Bonchev–Trinajstić information content (AvgIpc) is 3.03. The maximum Gasteiger partial charge on any atom is 0.254 e. The van der Waals surface area contributed by atoms with Crippen LogP contribution in [-0.4, -0.2) is 34.5 Å². The van der Waals surface area contributed by atoms with Gasteiger partial charge in [-0.3, -0.25) is 9.59 Å². The fourth-order valence-corrected chi connectivity index (χ4v) is 2.46. The number of carbonyl (C=O) groups is 2. The highest BCUT2D eigenvalue weighted by atomic mass is 16.5. The van der Waals surface area contributed by atoms with E-state index in [9.17, 15) is 9.59 Å². The minimum absolute atomic E-state index is 0.0325. The third-order valence-corrected chi connectivity index (χ3v) is 4.20. The van der Waals surface area contributed by atoms with Crippen molar-refractivity contribution in [2.45, 2.75) is 46.6 Å². The predicted octanol–water partition coefficient (Wildman–Crippen LogP) is 3.42. The van der Waals surface area contributed by atoms with E-state index in [0.717, 1.165) is 12.8 Å². The summed E-state index contributed by atoms with van der Waals surface area (Å²) < 4.78 is 4.93. The number of benzene rings is 1. The molecule has 0 saturated heterocycles. The van der Waals surface area contributed by atoms with E-state index in [0.29, 0.717) is 17.1 Å². The van der Waals surface area contributed by atoms with E-state index in [4.69, 9.17) is 4.52 Å². The molecule has 6 nitrogen and oxygen atoms in total. The van der Waals surface area contributed by atoms with Crippen LogP contribution in [0.15, 0.2) is 34.9 Å². The zero-order valence-electron chi connectivity index (χ0n) is 15.2. The Labute approximate surface area is 148 Å². The summed E-state index contributed by atoms with van der Waals surface area (Å²) >= 11 is 0. The Morgan fingerprint density at radius 2 is 1.92 bits per heavy atom. The number of aromatic nitrogens is 1. The maximum absolute atomic E-state index is 12.8. The van der Waals surface area contributed by atoms with Crippen molar-refractivity contribution >= 4 is 17.6 Å². The van der Waals surface area contributed by atoms with Crippen molar-refractivity contribution in [2.75, 3.05) is 11.9 Å². The molecule has 0 fully saturated rings. The van der Waals surface area contributed by atoms with Gasteiger partial charge in [0.1, 0.15) is 12.3 Å². The molecule has 1 heterocycles. The van der Waals surface area contributed by atoms with Crippen LogP contribution in [0, 0.1) is 6.92 Å². The summed E-state index contributed by atoms with van der Waals surface area (Å²) in [5, 5.41) is 6.40. The zero-order chi connectivity index (χ0) is 18.4. The molecule has 2 amide bonds. The highest BCUT2D eigenvalue weighted by Gasteiger charge is 2.23. The lowest BCUT2D eigenvalue weighted by molar-refractivity contribution is -0.117. The minimum atomic E-state index is -0.299. The summed E-state index contributed by atoms with van der Waals surface area (Å²) in [5.74, 6) is 0.517. The van der Waals surface area contributed by atoms with Gasteiger partial charge in [0, 0.05) is 17.7 Å². The monoisotopic (exact) mass is 343 g/mol. The van der Waals surface area contributed by atoms with Crippen LogP contribution in [-0.2, 0) is 11.2 Å². The smallest absolute Gasteiger partial charge is 0.254 e. The van der Waals surface area contributed by atoms with E-state index in [-0.39, 0.29) is 24.4 Å². The van der Waals surface area contributed by atoms with Crippen LogP contribution < -0.4 is 5.32 Å². The maximum atomic E-state index is 12.8. The standard InChI is InChI=1S/C19H25N3O3/c1-5-13(3)22(12-18(23)20-17-11-14(4)25-21-17)19(24)16-9-7-15(6-2)8-10-16/h7-11,13H,5-6,12H2,1-4H3,(H,20,21,23)/t13-/m0/s1. The van der Waals surface area contributed by atoms with Crippen molar-refractivity contribution < 1.29 is 14.1 Å². The van der Waals surface area contributed by atoms with E-state index in [1.807, 2.05) is 38.1 Å². The van der Waals surface area contributed by atoms with E-state index >= 15 is 0 Å². The van der Waals surface area contributed by atoms with Crippen molar-refractivity contribution in [3.63, 3.8) is 0 Å². The van der Waals surface area contributed by atoms with Gasteiger partial charge in [0.15, 0.2) is 5.82 Å². The molecule has 6 heteroatoms. The second-order valence-corrected chi connectivity index (χ2v) is 6.11.